The van der Waals surface area contributed by atoms with Gasteiger partial charge in [-0.2, -0.15) is 0 Å². The zero-order valence-electron chi connectivity index (χ0n) is 14.3. The highest BCUT2D eigenvalue weighted by Gasteiger charge is 2.35. The van der Waals surface area contributed by atoms with E-state index in [4.69, 9.17) is 5.73 Å². The van der Waals surface area contributed by atoms with E-state index in [0.29, 0.717) is 17.8 Å². The van der Waals surface area contributed by atoms with E-state index in [1.807, 2.05) is 24.3 Å². The molecule has 2 amide bonds. The van der Waals surface area contributed by atoms with E-state index in [9.17, 15) is 9.59 Å². The van der Waals surface area contributed by atoms with Gasteiger partial charge in [0.15, 0.2) is 0 Å². The van der Waals surface area contributed by atoms with Crippen LogP contribution >= 0.6 is 0 Å². The Balaban J connectivity index is 2.03. The zero-order chi connectivity index (χ0) is 17.0. The van der Waals surface area contributed by atoms with E-state index < -0.39 is 0 Å². The Hall–Kier alpha value is -1.84. The summed E-state index contributed by atoms with van der Waals surface area (Å²) >= 11 is 0. The van der Waals surface area contributed by atoms with Gasteiger partial charge in [0.05, 0.1) is 6.42 Å². The molecule has 1 fully saturated rings. The molecule has 0 radical (unpaired) electrons. The smallest absolute Gasteiger partial charge is 0.227 e. The fourth-order valence-electron chi connectivity index (χ4n) is 3.65. The lowest BCUT2D eigenvalue weighted by molar-refractivity contribution is -0.124. The van der Waals surface area contributed by atoms with Crippen molar-refractivity contribution in [2.45, 2.75) is 46.5 Å². The zero-order valence-corrected chi connectivity index (χ0v) is 14.3. The molecule has 1 aromatic carbocycles. The molecular weight excluding hydrogens is 288 g/mol. The Bertz CT molecular complexity index is 551. The SMILES string of the molecule is CC(C)C1CC[C@@H](C)C[C@H]1C(=O)Nc1ccc(CC(N)=O)cc1. The molecule has 0 saturated heterocycles. The maximum Gasteiger partial charge on any atom is 0.227 e. The second-order valence-corrected chi connectivity index (χ2v) is 7.26. The Labute approximate surface area is 138 Å². The molecule has 2 rings (SSSR count). The minimum absolute atomic E-state index is 0.0871. The van der Waals surface area contributed by atoms with Crippen LogP contribution in [0.15, 0.2) is 24.3 Å². The van der Waals surface area contributed by atoms with Gasteiger partial charge in [-0.15, -0.1) is 0 Å². The number of hydrogen-bond donors (Lipinski definition) is 2. The third-order valence-corrected chi connectivity index (χ3v) is 4.96. The molecule has 1 aromatic rings. The summed E-state index contributed by atoms with van der Waals surface area (Å²) in [7, 11) is 0. The molecule has 4 heteroatoms. The lowest BCUT2D eigenvalue weighted by atomic mass is 9.70. The first kappa shape index (κ1) is 17.5. The number of primary amides is 1. The van der Waals surface area contributed by atoms with E-state index in [-0.39, 0.29) is 24.2 Å². The summed E-state index contributed by atoms with van der Waals surface area (Å²) in [6, 6.07) is 7.35. The van der Waals surface area contributed by atoms with Crippen molar-refractivity contribution in [3.63, 3.8) is 0 Å². The van der Waals surface area contributed by atoms with Crippen molar-refractivity contribution in [3.05, 3.63) is 29.8 Å². The van der Waals surface area contributed by atoms with E-state index >= 15 is 0 Å². The van der Waals surface area contributed by atoms with Crippen LogP contribution < -0.4 is 11.1 Å². The summed E-state index contributed by atoms with van der Waals surface area (Å²) in [6.07, 6.45) is 3.54. The van der Waals surface area contributed by atoms with Crippen LogP contribution in [-0.4, -0.2) is 11.8 Å². The number of amides is 2. The molecule has 0 bridgehead atoms. The van der Waals surface area contributed by atoms with Crippen molar-refractivity contribution in [1.29, 1.82) is 0 Å². The van der Waals surface area contributed by atoms with Crippen molar-refractivity contribution in [2.24, 2.45) is 29.4 Å². The minimum atomic E-state index is -0.349. The molecule has 0 aliphatic heterocycles. The number of rotatable bonds is 5. The predicted octanol–water partition coefficient (Wildman–Crippen LogP) is 3.36. The first-order valence-electron chi connectivity index (χ1n) is 8.55. The van der Waals surface area contributed by atoms with Gasteiger partial charge in [0.1, 0.15) is 0 Å². The maximum absolute atomic E-state index is 12.7. The number of nitrogens with one attached hydrogen (secondary N) is 1. The minimum Gasteiger partial charge on any atom is -0.369 e. The topological polar surface area (TPSA) is 72.2 Å². The van der Waals surface area contributed by atoms with Crippen LogP contribution in [0.1, 0.15) is 45.6 Å². The van der Waals surface area contributed by atoms with Crippen LogP contribution in [0.4, 0.5) is 5.69 Å². The first-order valence-corrected chi connectivity index (χ1v) is 8.55. The van der Waals surface area contributed by atoms with Crippen LogP contribution in [0.25, 0.3) is 0 Å². The second-order valence-electron chi connectivity index (χ2n) is 7.26. The summed E-state index contributed by atoms with van der Waals surface area (Å²) in [4.78, 5) is 23.6. The van der Waals surface area contributed by atoms with E-state index in [1.165, 1.54) is 6.42 Å². The lowest BCUT2D eigenvalue weighted by Crippen LogP contribution is -2.36. The highest BCUT2D eigenvalue weighted by molar-refractivity contribution is 5.92. The normalized spacial score (nSPS) is 24.4. The van der Waals surface area contributed by atoms with Crippen LogP contribution in [0, 0.1) is 23.7 Å². The Morgan fingerprint density at radius 1 is 1.22 bits per heavy atom. The molecule has 3 atom stereocenters. The summed E-state index contributed by atoms with van der Waals surface area (Å²) < 4.78 is 0. The number of benzene rings is 1. The molecular formula is C19H28N2O2. The van der Waals surface area contributed by atoms with E-state index in [0.717, 1.165) is 24.1 Å². The van der Waals surface area contributed by atoms with Gasteiger partial charge in [-0.25, -0.2) is 0 Å². The van der Waals surface area contributed by atoms with Gasteiger partial charge in [0.2, 0.25) is 11.8 Å². The number of carbonyl (C=O) groups is 2. The Morgan fingerprint density at radius 2 is 1.87 bits per heavy atom. The fraction of sp³-hybridized carbons (Fsp3) is 0.579. The van der Waals surface area contributed by atoms with Gasteiger partial charge >= 0.3 is 0 Å². The average Bonchev–Trinajstić information content (AvgIpc) is 2.48. The van der Waals surface area contributed by atoms with Crippen LogP contribution in [0.5, 0.6) is 0 Å². The highest BCUT2D eigenvalue weighted by Crippen LogP contribution is 2.38. The molecule has 3 N–H and O–H groups in total. The molecule has 126 valence electrons. The van der Waals surface area contributed by atoms with Crippen LogP contribution in [-0.2, 0) is 16.0 Å². The lowest BCUT2D eigenvalue weighted by Gasteiger charge is -2.36. The fourth-order valence-corrected chi connectivity index (χ4v) is 3.65. The van der Waals surface area contributed by atoms with Gasteiger partial charge in [-0.05, 0) is 48.3 Å². The van der Waals surface area contributed by atoms with Crippen molar-refractivity contribution in [2.75, 3.05) is 5.32 Å². The standard InChI is InChI=1S/C19H28N2O2/c1-12(2)16-9-4-13(3)10-17(16)19(23)21-15-7-5-14(6-8-15)11-18(20)22/h5-8,12-13,16-17H,4,9-11H2,1-3H3,(H2,20,22)(H,21,23)/t13-,16?,17-/m1/s1. The summed E-state index contributed by atoms with van der Waals surface area (Å²) in [5.74, 6) is 1.45. The molecule has 1 saturated carbocycles. The van der Waals surface area contributed by atoms with Crippen molar-refractivity contribution >= 4 is 17.5 Å². The number of anilines is 1. The Kier molecular flexibility index (Phi) is 5.80. The van der Waals surface area contributed by atoms with Gasteiger partial charge in [-0.3, -0.25) is 9.59 Å². The van der Waals surface area contributed by atoms with Gasteiger partial charge in [0.25, 0.3) is 0 Å². The largest absolute Gasteiger partial charge is 0.369 e. The van der Waals surface area contributed by atoms with Crippen LogP contribution in [0.3, 0.4) is 0 Å². The number of nitrogens with two attached hydrogens (primary N) is 1. The molecule has 0 aromatic heterocycles. The number of carbonyl (C=O) groups excluding carboxylic acids is 2. The second kappa shape index (κ2) is 7.62. The van der Waals surface area contributed by atoms with Crippen LogP contribution in [0.2, 0.25) is 0 Å². The van der Waals surface area contributed by atoms with Gasteiger partial charge in [0, 0.05) is 11.6 Å². The quantitative estimate of drug-likeness (QED) is 0.874. The molecule has 1 unspecified atom stereocenters. The molecule has 1 aliphatic carbocycles. The highest BCUT2D eigenvalue weighted by atomic mass is 16.2. The molecule has 23 heavy (non-hydrogen) atoms. The summed E-state index contributed by atoms with van der Waals surface area (Å²) in [5.41, 5.74) is 6.83. The van der Waals surface area contributed by atoms with Gasteiger partial charge in [-0.1, -0.05) is 39.3 Å². The Morgan fingerprint density at radius 3 is 2.43 bits per heavy atom. The molecule has 4 nitrogen and oxygen atoms in total. The molecule has 0 spiro atoms. The maximum atomic E-state index is 12.7. The summed E-state index contributed by atoms with van der Waals surface area (Å²) in [6.45, 7) is 6.65. The molecule has 1 aliphatic rings. The molecule has 0 heterocycles. The van der Waals surface area contributed by atoms with Crippen molar-refractivity contribution in [1.82, 2.24) is 0 Å². The number of hydrogen-bond acceptors (Lipinski definition) is 2. The average molecular weight is 316 g/mol. The van der Waals surface area contributed by atoms with Crippen molar-refractivity contribution in [3.8, 4) is 0 Å². The summed E-state index contributed by atoms with van der Waals surface area (Å²) in [5, 5.41) is 3.04. The monoisotopic (exact) mass is 316 g/mol. The van der Waals surface area contributed by atoms with E-state index in [1.54, 1.807) is 0 Å². The predicted molar refractivity (Wildman–Crippen MR) is 92.8 cm³/mol. The third kappa shape index (κ3) is 4.81. The van der Waals surface area contributed by atoms with E-state index in [2.05, 4.69) is 26.1 Å². The van der Waals surface area contributed by atoms with Crippen molar-refractivity contribution < 1.29 is 9.59 Å². The third-order valence-electron chi connectivity index (χ3n) is 4.96. The first-order chi connectivity index (χ1) is 10.9. The van der Waals surface area contributed by atoms with Gasteiger partial charge < -0.3 is 11.1 Å².